The number of fused-ring (bicyclic) bond motifs is 3. The van der Waals surface area contributed by atoms with Gasteiger partial charge in [0.05, 0.1) is 16.7 Å². The molecule has 2 aromatic carbocycles. The van der Waals surface area contributed by atoms with Crippen LogP contribution in [0.25, 0.3) is 16.7 Å². The molecule has 0 aliphatic carbocycles. The number of carbonyl (C=O) groups is 1. The standard InChI is InChI=1S/C24H27N5O2S/c1-4-5-8-14-28-22(31)18-11-6-7-13-20(18)29-23(28)26-27-24(29)32-15-21(30)25-19-12-9-10-16(2)17(19)3/h6-7,9-13H,4-5,8,14-15H2,1-3H3,(H,25,30). The first-order valence-corrected chi connectivity index (χ1v) is 11.9. The molecule has 1 amide bonds. The summed E-state index contributed by atoms with van der Waals surface area (Å²) < 4.78 is 3.59. The van der Waals surface area contributed by atoms with Gasteiger partial charge in [-0.15, -0.1) is 10.2 Å². The Balaban J connectivity index is 1.64. The first-order chi connectivity index (χ1) is 15.5. The molecule has 0 saturated carbocycles. The summed E-state index contributed by atoms with van der Waals surface area (Å²) in [4.78, 5) is 25.7. The lowest BCUT2D eigenvalue weighted by molar-refractivity contribution is -0.113. The Morgan fingerprint density at radius 1 is 1.06 bits per heavy atom. The molecule has 0 spiro atoms. The molecule has 0 aliphatic heterocycles. The van der Waals surface area contributed by atoms with Crippen LogP contribution in [0.5, 0.6) is 0 Å². The molecule has 32 heavy (non-hydrogen) atoms. The van der Waals surface area contributed by atoms with Crippen LogP contribution in [0.15, 0.2) is 52.4 Å². The number of benzene rings is 2. The van der Waals surface area contributed by atoms with Gasteiger partial charge < -0.3 is 5.32 Å². The molecule has 0 atom stereocenters. The maximum absolute atomic E-state index is 13.1. The summed E-state index contributed by atoms with van der Waals surface area (Å²) in [6.45, 7) is 6.74. The average Bonchev–Trinajstić information content (AvgIpc) is 3.22. The van der Waals surface area contributed by atoms with E-state index in [0.717, 1.165) is 41.6 Å². The van der Waals surface area contributed by atoms with Crippen molar-refractivity contribution < 1.29 is 4.79 Å². The highest BCUT2D eigenvalue weighted by molar-refractivity contribution is 7.99. The van der Waals surface area contributed by atoms with Gasteiger partial charge >= 0.3 is 0 Å². The van der Waals surface area contributed by atoms with Crippen molar-refractivity contribution in [3.05, 3.63) is 63.9 Å². The average molecular weight is 450 g/mol. The number of nitrogens with one attached hydrogen (secondary N) is 1. The van der Waals surface area contributed by atoms with Crippen molar-refractivity contribution in [1.82, 2.24) is 19.2 Å². The summed E-state index contributed by atoms with van der Waals surface area (Å²) in [5.74, 6) is 0.598. The van der Waals surface area contributed by atoms with E-state index in [9.17, 15) is 9.59 Å². The van der Waals surface area contributed by atoms with E-state index >= 15 is 0 Å². The number of thioether (sulfide) groups is 1. The Kier molecular flexibility index (Phi) is 6.60. The van der Waals surface area contributed by atoms with Crippen LogP contribution < -0.4 is 10.9 Å². The van der Waals surface area contributed by atoms with Crippen LogP contribution in [0.3, 0.4) is 0 Å². The van der Waals surface area contributed by atoms with Crippen molar-refractivity contribution in [2.45, 2.75) is 51.7 Å². The minimum absolute atomic E-state index is 0.0548. The van der Waals surface area contributed by atoms with E-state index in [0.29, 0.717) is 22.9 Å². The zero-order valence-corrected chi connectivity index (χ0v) is 19.4. The van der Waals surface area contributed by atoms with Gasteiger partial charge in [-0.25, -0.2) is 0 Å². The number of anilines is 1. The van der Waals surface area contributed by atoms with Gasteiger partial charge in [0.1, 0.15) is 0 Å². The molecule has 166 valence electrons. The number of nitrogens with zero attached hydrogens (tertiary/aromatic N) is 4. The largest absolute Gasteiger partial charge is 0.325 e. The van der Waals surface area contributed by atoms with Crippen LogP contribution >= 0.6 is 11.8 Å². The summed E-state index contributed by atoms with van der Waals surface area (Å²) in [7, 11) is 0. The van der Waals surface area contributed by atoms with Crippen LogP contribution in [0.2, 0.25) is 0 Å². The van der Waals surface area contributed by atoms with Crippen molar-refractivity contribution in [3.63, 3.8) is 0 Å². The van der Waals surface area contributed by atoms with E-state index in [1.807, 2.05) is 60.7 Å². The van der Waals surface area contributed by atoms with E-state index in [4.69, 9.17) is 0 Å². The molecular weight excluding hydrogens is 422 g/mol. The highest BCUT2D eigenvalue weighted by atomic mass is 32.2. The number of carbonyl (C=O) groups excluding carboxylic acids is 1. The third-order valence-corrected chi connectivity index (χ3v) is 6.60. The van der Waals surface area contributed by atoms with Crippen molar-refractivity contribution >= 4 is 40.0 Å². The Labute approximate surface area is 190 Å². The molecule has 0 radical (unpaired) electrons. The van der Waals surface area contributed by atoms with Gasteiger partial charge in [-0.1, -0.05) is 55.8 Å². The van der Waals surface area contributed by atoms with Gasteiger partial charge in [-0.3, -0.25) is 18.6 Å². The van der Waals surface area contributed by atoms with Gasteiger partial charge in [0.15, 0.2) is 5.16 Å². The zero-order valence-electron chi connectivity index (χ0n) is 18.6. The number of aryl methyl sites for hydroxylation is 2. The summed E-state index contributed by atoms with van der Waals surface area (Å²) in [6.07, 6.45) is 3.01. The number of para-hydroxylation sites is 1. The normalized spacial score (nSPS) is 11.3. The highest BCUT2D eigenvalue weighted by Gasteiger charge is 2.17. The molecule has 0 fully saturated rings. The maximum Gasteiger partial charge on any atom is 0.262 e. The molecule has 0 saturated heterocycles. The SMILES string of the molecule is CCCCCn1c(=O)c2ccccc2n2c(SCC(=O)Nc3cccc(C)c3C)nnc12. The second-order valence-corrected chi connectivity index (χ2v) is 8.83. The Morgan fingerprint density at radius 3 is 2.69 bits per heavy atom. The van der Waals surface area contributed by atoms with Crippen molar-refractivity contribution in [1.29, 1.82) is 0 Å². The molecule has 2 aromatic heterocycles. The quantitative estimate of drug-likeness (QED) is 0.314. The minimum Gasteiger partial charge on any atom is -0.325 e. The van der Waals surface area contributed by atoms with Crippen LogP contribution in [0, 0.1) is 13.8 Å². The molecule has 7 nitrogen and oxygen atoms in total. The monoisotopic (exact) mass is 449 g/mol. The van der Waals surface area contributed by atoms with E-state index in [1.54, 1.807) is 4.57 Å². The topological polar surface area (TPSA) is 81.3 Å². The molecule has 0 unspecified atom stereocenters. The fraction of sp³-hybridized carbons (Fsp3) is 0.333. The van der Waals surface area contributed by atoms with Crippen molar-refractivity contribution in [2.75, 3.05) is 11.1 Å². The number of rotatable bonds is 8. The predicted molar refractivity (Wildman–Crippen MR) is 130 cm³/mol. The van der Waals surface area contributed by atoms with E-state index in [1.165, 1.54) is 11.8 Å². The van der Waals surface area contributed by atoms with Gasteiger partial charge in [-0.05, 0) is 49.6 Å². The lowest BCUT2D eigenvalue weighted by atomic mass is 10.1. The minimum atomic E-state index is -0.110. The smallest absolute Gasteiger partial charge is 0.262 e. The summed E-state index contributed by atoms with van der Waals surface area (Å²) in [5.41, 5.74) is 3.70. The maximum atomic E-state index is 13.1. The molecule has 0 bridgehead atoms. The number of unbranched alkanes of at least 4 members (excludes halogenated alkanes) is 2. The zero-order chi connectivity index (χ0) is 22.7. The highest BCUT2D eigenvalue weighted by Crippen LogP contribution is 2.23. The van der Waals surface area contributed by atoms with Crippen LogP contribution in [0.4, 0.5) is 5.69 Å². The van der Waals surface area contributed by atoms with Crippen molar-refractivity contribution in [2.24, 2.45) is 0 Å². The second kappa shape index (κ2) is 9.56. The fourth-order valence-electron chi connectivity index (χ4n) is 3.75. The summed E-state index contributed by atoms with van der Waals surface area (Å²) in [6, 6.07) is 13.3. The number of aromatic nitrogens is 4. The van der Waals surface area contributed by atoms with Gasteiger partial charge in [0, 0.05) is 12.2 Å². The van der Waals surface area contributed by atoms with Gasteiger partial charge in [-0.2, -0.15) is 0 Å². The van der Waals surface area contributed by atoms with Gasteiger partial charge in [0.2, 0.25) is 11.7 Å². The second-order valence-electron chi connectivity index (χ2n) is 7.88. The van der Waals surface area contributed by atoms with E-state index < -0.39 is 0 Å². The lowest BCUT2D eigenvalue weighted by Gasteiger charge is -2.11. The molecule has 4 aromatic rings. The number of hydrogen-bond acceptors (Lipinski definition) is 5. The van der Waals surface area contributed by atoms with Crippen LogP contribution in [-0.4, -0.2) is 30.8 Å². The third-order valence-electron chi connectivity index (χ3n) is 5.67. The third kappa shape index (κ3) is 4.27. The molecule has 4 rings (SSSR count). The predicted octanol–water partition coefficient (Wildman–Crippen LogP) is 4.58. The van der Waals surface area contributed by atoms with Crippen molar-refractivity contribution in [3.8, 4) is 0 Å². The molecule has 1 N–H and O–H groups in total. The Morgan fingerprint density at radius 2 is 1.88 bits per heavy atom. The lowest BCUT2D eigenvalue weighted by Crippen LogP contribution is -2.23. The molecule has 8 heteroatoms. The summed E-state index contributed by atoms with van der Waals surface area (Å²) in [5, 5.41) is 12.8. The molecular formula is C24H27N5O2S. The number of amides is 1. The Bertz CT molecular complexity index is 1340. The molecule has 0 aliphatic rings. The van der Waals surface area contributed by atoms with Gasteiger partial charge in [0.25, 0.3) is 5.56 Å². The molecule has 2 heterocycles. The van der Waals surface area contributed by atoms with E-state index in [-0.39, 0.29) is 17.2 Å². The summed E-state index contributed by atoms with van der Waals surface area (Å²) >= 11 is 1.31. The fourth-order valence-corrected chi connectivity index (χ4v) is 4.49. The van der Waals surface area contributed by atoms with E-state index in [2.05, 4.69) is 22.4 Å². The Hall–Kier alpha value is -3.13. The van der Waals surface area contributed by atoms with Crippen LogP contribution in [0.1, 0.15) is 37.3 Å². The van der Waals surface area contributed by atoms with Crippen LogP contribution in [-0.2, 0) is 11.3 Å². The first kappa shape index (κ1) is 22.1. The first-order valence-electron chi connectivity index (χ1n) is 10.9. The number of hydrogen-bond donors (Lipinski definition) is 1.